The molecular weight excluding hydrogens is 266 g/mol. The molecule has 1 aromatic carbocycles. The zero-order valence-electron chi connectivity index (χ0n) is 11.4. The first kappa shape index (κ1) is 13.0. The third-order valence-corrected chi connectivity index (χ3v) is 2.98. The molecule has 0 saturated carbocycles. The number of amides is 1. The fraction of sp³-hybridized carbons (Fsp3) is 0.0667. The Balaban J connectivity index is 1.73. The highest BCUT2D eigenvalue weighted by Gasteiger charge is 2.06. The number of hydrogen-bond donors (Lipinski definition) is 1. The fourth-order valence-corrected chi connectivity index (χ4v) is 1.84. The Hall–Kier alpha value is -3.02. The number of carbonyl (C=O) groups is 1. The first-order chi connectivity index (χ1) is 10.2. The van der Waals surface area contributed by atoms with Crippen LogP contribution in [-0.2, 0) is 0 Å². The number of aromatic nitrogens is 4. The third-order valence-electron chi connectivity index (χ3n) is 2.98. The first-order valence-electron chi connectivity index (χ1n) is 6.41. The maximum absolute atomic E-state index is 12.1. The Kier molecular flexibility index (Phi) is 3.42. The van der Waals surface area contributed by atoms with E-state index in [1.807, 2.05) is 37.3 Å². The second-order valence-corrected chi connectivity index (χ2v) is 4.53. The summed E-state index contributed by atoms with van der Waals surface area (Å²) in [6, 6.07) is 10.9. The number of hydrogen-bond acceptors (Lipinski definition) is 4. The molecule has 104 valence electrons. The van der Waals surface area contributed by atoms with Gasteiger partial charge in [-0.25, -0.2) is 9.67 Å². The van der Waals surface area contributed by atoms with Gasteiger partial charge >= 0.3 is 0 Å². The molecule has 2 aromatic heterocycles. The van der Waals surface area contributed by atoms with Gasteiger partial charge in [-0.15, -0.1) is 0 Å². The average Bonchev–Trinajstić information content (AvgIpc) is 3.03. The molecule has 3 aromatic rings. The lowest BCUT2D eigenvalue weighted by Gasteiger charge is -2.06. The molecule has 0 saturated heterocycles. The molecule has 0 aliphatic rings. The minimum Gasteiger partial charge on any atom is -0.322 e. The van der Waals surface area contributed by atoms with Crippen molar-refractivity contribution in [3.63, 3.8) is 0 Å². The Morgan fingerprint density at radius 3 is 2.57 bits per heavy atom. The molecule has 21 heavy (non-hydrogen) atoms. The highest BCUT2D eigenvalue weighted by molar-refractivity contribution is 6.04. The third kappa shape index (κ3) is 2.94. The topological polar surface area (TPSA) is 72.7 Å². The number of nitrogens with one attached hydrogen (secondary N) is 1. The van der Waals surface area contributed by atoms with Crippen molar-refractivity contribution in [1.29, 1.82) is 0 Å². The van der Waals surface area contributed by atoms with Gasteiger partial charge in [0.05, 0.1) is 11.3 Å². The smallest absolute Gasteiger partial charge is 0.257 e. The normalized spacial score (nSPS) is 10.3. The van der Waals surface area contributed by atoms with Gasteiger partial charge < -0.3 is 5.32 Å². The Bertz CT molecular complexity index is 733. The molecule has 1 N–H and O–H groups in total. The molecule has 0 aliphatic carbocycles. The molecule has 0 unspecified atom stereocenters. The van der Waals surface area contributed by atoms with E-state index in [-0.39, 0.29) is 5.91 Å². The van der Waals surface area contributed by atoms with Gasteiger partial charge in [-0.1, -0.05) is 0 Å². The van der Waals surface area contributed by atoms with Gasteiger partial charge in [0.15, 0.2) is 0 Å². The standard InChI is InChI=1S/C15H13N5O/c1-11-2-3-12(8-17-11)15(21)19-13-4-6-14(7-5-13)20-10-16-9-18-20/h2-10H,1H3,(H,19,21). The van der Waals surface area contributed by atoms with Crippen LogP contribution in [0.2, 0.25) is 0 Å². The summed E-state index contributed by atoms with van der Waals surface area (Å²) >= 11 is 0. The first-order valence-corrected chi connectivity index (χ1v) is 6.41. The second kappa shape index (κ2) is 5.54. The van der Waals surface area contributed by atoms with Crippen molar-refractivity contribution in [1.82, 2.24) is 19.7 Å². The van der Waals surface area contributed by atoms with Gasteiger partial charge in [0.25, 0.3) is 5.91 Å². The van der Waals surface area contributed by atoms with Crippen LogP contribution in [0.1, 0.15) is 16.1 Å². The zero-order chi connectivity index (χ0) is 14.7. The van der Waals surface area contributed by atoms with Crippen molar-refractivity contribution >= 4 is 11.6 Å². The van der Waals surface area contributed by atoms with E-state index in [0.29, 0.717) is 11.3 Å². The van der Waals surface area contributed by atoms with Gasteiger partial charge in [-0.05, 0) is 43.3 Å². The summed E-state index contributed by atoms with van der Waals surface area (Å²) < 4.78 is 1.65. The van der Waals surface area contributed by atoms with Crippen LogP contribution in [0.25, 0.3) is 5.69 Å². The summed E-state index contributed by atoms with van der Waals surface area (Å²) in [4.78, 5) is 20.1. The molecule has 0 spiro atoms. The summed E-state index contributed by atoms with van der Waals surface area (Å²) in [7, 11) is 0. The largest absolute Gasteiger partial charge is 0.322 e. The summed E-state index contributed by atoms with van der Waals surface area (Å²) in [6.45, 7) is 1.88. The lowest BCUT2D eigenvalue weighted by molar-refractivity contribution is 0.102. The number of nitrogens with zero attached hydrogens (tertiary/aromatic N) is 4. The molecule has 6 heteroatoms. The molecule has 0 fully saturated rings. The van der Waals surface area contributed by atoms with Crippen molar-refractivity contribution < 1.29 is 4.79 Å². The molecule has 0 atom stereocenters. The molecule has 6 nitrogen and oxygen atoms in total. The minimum absolute atomic E-state index is 0.184. The maximum Gasteiger partial charge on any atom is 0.257 e. The van der Waals surface area contributed by atoms with Gasteiger partial charge in [0.1, 0.15) is 12.7 Å². The summed E-state index contributed by atoms with van der Waals surface area (Å²) in [6.07, 6.45) is 4.65. The number of aryl methyl sites for hydroxylation is 1. The summed E-state index contributed by atoms with van der Waals surface area (Å²) in [5.74, 6) is -0.184. The number of rotatable bonds is 3. The van der Waals surface area contributed by atoms with Gasteiger partial charge in [0.2, 0.25) is 0 Å². The monoisotopic (exact) mass is 279 g/mol. The summed E-state index contributed by atoms with van der Waals surface area (Å²) in [5.41, 5.74) is 3.00. The van der Waals surface area contributed by atoms with Crippen LogP contribution >= 0.6 is 0 Å². The van der Waals surface area contributed by atoms with E-state index in [2.05, 4.69) is 20.4 Å². The molecule has 0 aliphatic heterocycles. The maximum atomic E-state index is 12.1. The van der Waals surface area contributed by atoms with Crippen LogP contribution in [0.5, 0.6) is 0 Å². The van der Waals surface area contributed by atoms with Crippen molar-refractivity contribution in [2.75, 3.05) is 5.32 Å². The van der Waals surface area contributed by atoms with Crippen molar-refractivity contribution in [2.45, 2.75) is 6.92 Å². The van der Waals surface area contributed by atoms with Gasteiger partial charge in [-0.3, -0.25) is 9.78 Å². The lowest BCUT2D eigenvalue weighted by atomic mass is 10.2. The van der Waals surface area contributed by atoms with E-state index in [1.165, 1.54) is 6.33 Å². The molecule has 0 radical (unpaired) electrons. The summed E-state index contributed by atoms with van der Waals surface area (Å²) in [5, 5.41) is 6.87. The highest BCUT2D eigenvalue weighted by atomic mass is 16.1. The fourth-order valence-electron chi connectivity index (χ4n) is 1.84. The van der Waals surface area contributed by atoms with Gasteiger partial charge in [-0.2, -0.15) is 5.10 Å². The Labute approximate surface area is 121 Å². The van der Waals surface area contributed by atoms with Gasteiger partial charge in [0, 0.05) is 17.6 Å². The van der Waals surface area contributed by atoms with Crippen LogP contribution in [0.3, 0.4) is 0 Å². The van der Waals surface area contributed by atoms with Crippen LogP contribution in [0, 0.1) is 6.92 Å². The van der Waals surface area contributed by atoms with Crippen molar-refractivity contribution in [3.05, 3.63) is 66.5 Å². The van der Waals surface area contributed by atoms with E-state index in [1.54, 1.807) is 23.3 Å². The van der Waals surface area contributed by atoms with E-state index in [9.17, 15) is 4.79 Å². The van der Waals surface area contributed by atoms with Crippen LogP contribution in [-0.4, -0.2) is 25.7 Å². The van der Waals surface area contributed by atoms with E-state index >= 15 is 0 Å². The minimum atomic E-state index is -0.184. The van der Waals surface area contributed by atoms with Crippen LogP contribution < -0.4 is 5.32 Å². The predicted octanol–water partition coefficient (Wildman–Crippen LogP) is 2.22. The van der Waals surface area contributed by atoms with Crippen molar-refractivity contribution in [2.24, 2.45) is 0 Å². The molecule has 3 rings (SSSR count). The van der Waals surface area contributed by atoms with E-state index in [4.69, 9.17) is 0 Å². The zero-order valence-corrected chi connectivity index (χ0v) is 11.4. The molecule has 1 amide bonds. The van der Waals surface area contributed by atoms with Crippen molar-refractivity contribution in [3.8, 4) is 5.69 Å². The molecular formula is C15H13N5O. The average molecular weight is 279 g/mol. The number of pyridine rings is 1. The highest BCUT2D eigenvalue weighted by Crippen LogP contribution is 2.13. The van der Waals surface area contributed by atoms with E-state index in [0.717, 1.165) is 11.4 Å². The lowest BCUT2D eigenvalue weighted by Crippen LogP contribution is -2.12. The predicted molar refractivity (Wildman–Crippen MR) is 78.3 cm³/mol. The Morgan fingerprint density at radius 1 is 1.14 bits per heavy atom. The van der Waals surface area contributed by atoms with Crippen LogP contribution in [0.15, 0.2) is 55.2 Å². The molecule has 2 heterocycles. The quantitative estimate of drug-likeness (QED) is 0.798. The number of benzene rings is 1. The number of anilines is 1. The molecule has 0 bridgehead atoms. The Morgan fingerprint density at radius 2 is 1.95 bits per heavy atom. The second-order valence-electron chi connectivity index (χ2n) is 4.53. The van der Waals surface area contributed by atoms with E-state index < -0.39 is 0 Å². The SMILES string of the molecule is Cc1ccc(C(=O)Nc2ccc(-n3cncn3)cc2)cn1. The van der Waals surface area contributed by atoms with Crippen LogP contribution in [0.4, 0.5) is 5.69 Å². The number of carbonyl (C=O) groups excluding carboxylic acids is 1.